The van der Waals surface area contributed by atoms with Gasteiger partial charge in [0.2, 0.25) is 0 Å². The molecular weight excluding hydrogens is 404 g/mol. The Morgan fingerprint density at radius 2 is 1.71 bits per heavy atom. The lowest BCUT2D eigenvalue weighted by Crippen LogP contribution is -2.24. The van der Waals surface area contributed by atoms with E-state index >= 15 is 0 Å². The molecule has 5 heteroatoms. The Morgan fingerprint density at radius 3 is 2.33 bits per heavy atom. The van der Waals surface area contributed by atoms with Crippen LogP contribution in [0.25, 0.3) is 0 Å². The van der Waals surface area contributed by atoms with Crippen LogP contribution in [0.4, 0.5) is 8.78 Å². The molecule has 0 fully saturated rings. The van der Waals surface area contributed by atoms with Crippen molar-refractivity contribution in [2.45, 2.75) is 19.4 Å². The van der Waals surface area contributed by atoms with Crippen molar-refractivity contribution in [2.75, 3.05) is 6.54 Å². The molecule has 2 rings (SSSR count). The zero-order valence-corrected chi connectivity index (χ0v) is 14.6. The van der Waals surface area contributed by atoms with E-state index in [2.05, 4.69) is 37.2 Å². The van der Waals surface area contributed by atoms with Gasteiger partial charge in [-0.3, -0.25) is 0 Å². The second kappa shape index (κ2) is 7.47. The molecule has 2 aromatic carbocycles. The van der Waals surface area contributed by atoms with Crippen molar-refractivity contribution in [3.05, 3.63) is 68.1 Å². The van der Waals surface area contributed by atoms with Crippen molar-refractivity contribution in [1.29, 1.82) is 0 Å². The molecule has 0 heterocycles. The minimum absolute atomic E-state index is 0.276. The van der Waals surface area contributed by atoms with Crippen LogP contribution in [0.3, 0.4) is 0 Å². The van der Waals surface area contributed by atoms with Gasteiger partial charge in [0.25, 0.3) is 0 Å². The predicted octanol–water partition coefficient (Wildman–Crippen LogP) is 5.58. The zero-order chi connectivity index (χ0) is 15.4. The molecule has 0 amide bonds. The van der Waals surface area contributed by atoms with Gasteiger partial charge in [0.15, 0.2) is 0 Å². The lowest BCUT2D eigenvalue weighted by Gasteiger charge is -2.21. The molecule has 0 bridgehead atoms. The Hall–Kier alpha value is -0.780. The van der Waals surface area contributed by atoms with E-state index in [-0.39, 0.29) is 6.04 Å². The minimum Gasteiger partial charge on any atom is -0.306 e. The normalized spacial score (nSPS) is 12.4. The molecule has 0 aliphatic carbocycles. The summed E-state index contributed by atoms with van der Waals surface area (Å²) in [5.74, 6) is -1.14. The fourth-order valence-corrected chi connectivity index (χ4v) is 3.03. The van der Waals surface area contributed by atoms with Gasteiger partial charge in [0.05, 0.1) is 6.04 Å². The lowest BCUT2D eigenvalue weighted by molar-refractivity contribution is 0.558. The maximum Gasteiger partial charge on any atom is 0.126 e. The number of rotatable bonds is 5. The van der Waals surface area contributed by atoms with Gasteiger partial charge >= 0.3 is 0 Å². The van der Waals surface area contributed by atoms with Crippen LogP contribution in [0, 0.1) is 11.6 Å². The molecule has 2 aromatic rings. The molecule has 0 aromatic heterocycles. The third-order valence-corrected chi connectivity index (χ3v) is 4.30. The largest absolute Gasteiger partial charge is 0.306 e. The van der Waals surface area contributed by atoms with Gasteiger partial charge in [-0.2, -0.15) is 0 Å². The Bertz CT molecular complexity index is 611. The summed E-state index contributed by atoms with van der Waals surface area (Å²) in [6, 6.07) is 9.11. The lowest BCUT2D eigenvalue weighted by atomic mass is 9.98. The van der Waals surface area contributed by atoms with E-state index in [0.717, 1.165) is 33.5 Å². The SMILES string of the molecule is CCCNC(c1cc(F)cc(F)c1)c1cc(Br)ccc1Br. The van der Waals surface area contributed by atoms with Gasteiger partial charge in [0.1, 0.15) is 11.6 Å². The van der Waals surface area contributed by atoms with E-state index in [1.807, 2.05) is 25.1 Å². The van der Waals surface area contributed by atoms with Crippen LogP contribution in [0.1, 0.15) is 30.5 Å². The molecule has 1 atom stereocenters. The van der Waals surface area contributed by atoms with Crippen LogP contribution in [-0.4, -0.2) is 6.54 Å². The van der Waals surface area contributed by atoms with Crippen molar-refractivity contribution >= 4 is 31.9 Å². The summed E-state index contributed by atoms with van der Waals surface area (Å²) < 4.78 is 28.8. The summed E-state index contributed by atoms with van der Waals surface area (Å²) in [6.07, 6.45) is 0.930. The van der Waals surface area contributed by atoms with E-state index in [1.165, 1.54) is 12.1 Å². The quantitative estimate of drug-likeness (QED) is 0.668. The standard InChI is InChI=1S/C16H15Br2F2N/c1-2-5-21-16(10-6-12(19)9-13(20)7-10)14-8-11(17)3-4-15(14)18/h3-4,6-9,16,21H,2,5H2,1H3. The third kappa shape index (κ3) is 4.34. The van der Waals surface area contributed by atoms with Crippen molar-refractivity contribution in [1.82, 2.24) is 5.32 Å². The number of hydrogen-bond acceptors (Lipinski definition) is 1. The van der Waals surface area contributed by atoms with E-state index in [0.29, 0.717) is 5.56 Å². The van der Waals surface area contributed by atoms with Crippen LogP contribution in [-0.2, 0) is 0 Å². The highest BCUT2D eigenvalue weighted by atomic mass is 79.9. The molecule has 0 aliphatic rings. The molecular formula is C16H15Br2F2N. The van der Waals surface area contributed by atoms with Crippen molar-refractivity contribution < 1.29 is 8.78 Å². The summed E-state index contributed by atoms with van der Waals surface area (Å²) in [4.78, 5) is 0. The Balaban J connectivity index is 2.49. The van der Waals surface area contributed by atoms with Gasteiger partial charge < -0.3 is 5.32 Å². The summed E-state index contributed by atoms with van der Waals surface area (Å²) in [6.45, 7) is 2.80. The van der Waals surface area contributed by atoms with Crippen molar-refractivity contribution in [2.24, 2.45) is 0 Å². The summed E-state index contributed by atoms with van der Waals surface area (Å²) in [5, 5.41) is 3.34. The van der Waals surface area contributed by atoms with Crippen molar-refractivity contribution in [3.8, 4) is 0 Å². The van der Waals surface area contributed by atoms with Crippen LogP contribution in [0.15, 0.2) is 45.3 Å². The van der Waals surface area contributed by atoms with E-state index < -0.39 is 11.6 Å². The molecule has 0 saturated heterocycles. The van der Waals surface area contributed by atoms with E-state index in [9.17, 15) is 8.78 Å². The Morgan fingerprint density at radius 1 is 1.05 bits per heavy atom. The van der Waals surface area contributed by atoms with Crippen LogP contribution in [0.2, 0.25) is 0 Å². The molecule has 112 valence electrons. The maximum absolute atomic E-state index is 13.5. The molecule has 0 aliphatic heterocycles. The van der Waals surface area contributed by atoms with Gasteiger partial charge in [-0.15, -0.1) is 0 Å². The average molecular weight is 419 g/mol. The number of nitrogens with one attached hydrogen (secondary N) is 1. The molecule has 1 unspecified atom stereocenters. The zero-order valence-electron chi connectivity index (χ0n) is 11.5. The molecule has 0 saturated carbocycles. The van der Waals surface area contributed by atoms with E-state index in [1.54, 1.807) is 0 Å². The molecule has 0 spiro atoms. The Kier molecular flexibility index (Phi) is 5.90. The van der Waals surface area contributed by atoms with Gasteiger partial charge in [0, 0.05) is 15.0 Å². The predicted molar refractivity (Wildman–Crippen MR) is 88.3 cm³/mol. The Labute approximate surface area is 140 Å². The first kappa shape index (κ1) is 16.6. The summed E-state index contributed by atoms with van der Waals surface area (Å²) >= 11 is 6.95. The fraction of sp³-hybridized carbons (Fsp3) is 0.250. The minimum atomic E-state index is -0.570. The maximum atomic E-state index is 13.5. The summed E-state index contributed by atoms with van der Waals surface area (Å²) in [7, 11) is 0. The molecule has 1 nitrogen and oxygen atoms in total. The second-order valence-electron chi connectivity index (χ2n) is 4.76. The first-order valence-electron chi connectivity index (χ1n) is 6.65. The topological polar surface area (TPSA) is 12.0 Å². The van der Waals surface area contributed by atoms with Gasteiger partial charge in [-0.05, 0) is 54.4 Å². The van der Waals surface area contributed by atoms with Crippen LogP contribution >= 0.6 is 31.9 Å². The number of benzene rings is 2. The fourth-order valence-electron chi connectivity index (χ4n) is 2.17. The van der Waals surface area contributed by atoms with Crippen LogP contribution in [0.5, 0.6) is 0 Å². The number of halogens is 4. The first-order valence-corrected chi connectivity index (χ1v) is 8.24. The van der Waals surface area contributed by atoms with Crippen LogP contribution < -0.4 is 5.32 Å². The molecule has 1 N–H and O–H groups in total. The molecule has 0 radical (unpaired) electrons. The van der Waals surface area contributed by atoms with E-state index in [4.69, 9.17) is 0 Å². The average Bonchev–Trinajstić information content (AvgIpc) is 2.42. The highest BCUT2D eigenvalue weighted by Gasteiger charge is 2.18. The third-order valence-electron chi connectivity index (χ3n) is 3.09. The second-order valence-corrected chi connectivity index (χ2v) is 6.53. The number of hydrogen-bond donors (Lipinski definition) is 1. The van der Waals surface area contributed by atoms with Gasteiger partial charge in [-0.1, -0.05) is 38.8 Å². The smallest absolute Gasteiger partial charge is 0.126 e. The first-order chi connectivity index (χ1) is 10.0. The monoisotopic (exact) mass is 417 g/mol. The summed E-state index contributed by atoms with van der Waals surface area (Å²) in [5.41, 5.74) is 1.50. The van der Waals surface area contributed by atoms with Gasteiger partial charge in [-0.25, -0.2) is 8.78 Å². The highest BCUT2D eigenvalue weighted by Crippen LogP contribution is 2.31. The highest BCUT2D eigenvalue weighted by molar-refractivity contribution is 9.11. The molecule has 21 heavy (non-hydrogen) atoms. The van der Waals surface area contributed by atoms with Crippen molar-refractivity contribution in [3.63, 3.8) is 0 Å².